The molecular weight excluding hydrogens is 350 g/mol. The van der Waals surface area contributed by atoms with Crippen LogP contribution in [0.1, 0.15) is 36.0 Å². The van der Waals surface area contributed by atoms with Crippen molar-refractivity contribution in [2.75, 3.05) is 13.7 Å². The molecule has 2 aromatic rings. The minimum atomic E-state index is -0.321. The highest BCUT2D eigenvalue weighted by atomic mass is 16.5. The Labute approximate surface area is 165 Å². The number of nitrogens with zero attached hydrogens (tertiary/aromatic N) is 1. The molecule has 2 aliphatic carbocycles. The first-order chi connectivity index (χ1) is 13.7. The second-order valence-electron chi connectivity index (χ2n) is 8.76. The maximum atomic E-state index is 12.9. The lowest BCUT2D eigenvalue weighted by atomic mass is 9.51. The van der Waals surface area contributed by atoms with Crippen LogP contribution < -0.4 is 9.47 Å². The molecule has 4 aliphatic rings. The van der Waals surface area contributed by atoms with Crippen LogP contribution >= 0.6 is 0 Å². The van der Waals surface area contributed by atoms with Crippen LogP contribution in [0.3, 0.4) is 0 Å². The second-order valence-corrected chi connectivity index (χ2v) is 8.76. The summed E-state index contributed by atoms with van der Waals surface area (Å²) in [6.45, 7) is 2.00. The third kappa shape index (κ3) is 2.02. The monoisotopic (exact) mass is 375 g/mol. The lowest BCUT2D eigenvalue weighted by molar-refractivity contribution is -0.139. The molecule has 2 bridgehead atoms. The molecule has 4 heteroatoms. The maximum absolute atomic E-state index is 12.9. The van der Waals surface area contributed by atoms with Crippen molar-refractivity contribution in [1.29, 1.82) is 0 Å². The van der Waals surface area contributed by atoms with Gasteiger partial charge in [0.15, 0.2) is 23.4 Å². The zero-order valence-corrected chi connectivity index (χ0v) is 16.2. The van der Waals surface area contributed by atoms with E-state index in [0.29, 0.717) is 18.4 Å². The van der Waals surface area contributed by atoms with E-state index < -0.39 is 0 Å². The Morgan fingerprint density at radius 2 is 2.07 bits per heavy atom. The molecule has 28 heavy (non-hydrogen) atoms. The fraction of sp³-hybridized carbons (Fsp3) is 0.458. The molecule has 0 amide bonds. The summed E-state index contributed by atoms with van der Waals surface area (Å²) in [4.78, 5) is 15.6. The molecule has 6 rings (SSSR count). The van der Waals surface area contributed by atoms with Crippen LogP contribution in [-0.4, -0.2) is 36.5 Å². The molecule has 1 saturated heterocycles. The van der Waals surface area contributed by atoms with Crippen molar-refractivity contribution in [3.63, 3.8) is 0 Å². The summed E-state index contributed by atoms with van der Waals surface area (Å²) in [5.74, 6) is 2.38. The van der Waals surface area contributed by atoms with Crippen molar-refractivity contribution in [1.82, 2.24) is 4.90 Å². The van der Waals surface area contributed by atoms with Gasteiger partial charge < -0.3 is 9.47 Å². The van der Waals surface area contributed by atoms with E-state index in [9.17, 15) is 4.79 Å². The second kappa shape index (κ2) is 5.84. The van der Waals surface area contributed by atoms with E-state index in [2.05, 4.69) is 41.3 Å². The summed E-state index contributed by atoms with van der Waals surface area (Å²) in [7, 11) is 1.69. The normalized spacial score (nSPS) is 32.6. The fourth-order valence-corrected chi connectivity index (χ4v) is 6.57. The van der Waals surface area contributed by atoms with Gasteiger partial charge in [-0.25, -0.2) is 0 Å². The largest absolute Gasteiger partial charge is 0.493 e. The summed E-state index contributed by atoms with van der Waals surface area (Å²) in [6.07, 6.45) is 3.32. The van der Waals surface area contributed by atoms with E-state index in [4.69, 9.17) is 9.47 Å². The molecule has 144 valence electrons. The predicted octanol–water partition coefficient (Wildman–Crippen LogP) is 3.50. The highest BCUT2D eigenvalue weighted by molar-refractivity contribution is 5.89. The number of ether oxygens (including phenoxy) is 2. The molecule has 1 spiro atoms. The number of ketones is 1. The SMILES string of the molecule is COc1ccc2c3c1O[C@H]1C(=O)CC[C@H]4[C@@H](C2)N(Cc2ccccc2)CC[C@]314. The van der Waals surface area contributed by atoms with Crippen molar-refractivity contribution in [3.8, 4) is 11.5 Å². The third-order valence-corrected chi connectivity index (χ3v) is 7.66. The zero-order chi connectivity index (χ0) is 18.9. The Bertz CT molecular complexity index is 956. The molecule has 2 aromatic carbocycles. The van der Waals surface area contributed by atoms with Gasteiger partial charge in [0, 0.05) is 30.0 Å². The Hall–Kier alpha value is -2.33. The Morgan fingerprint density at radius 1 is 1.21 bits per heavy atom. The number of carbonyl (C=O) groups is 1. The molecule has 0 radical (unpaired) electrons. The first-order valence-electron chi connectivity index (χ1n) is 10.4. The molecular formula is C24H25NO3. The Balaban J connectivity index is 1.47. The van der Waals surface area contributed by atoms with Gasteiger partial charge in [-0.2, -0.15) is 0 Å². The highest BCUT2D eigenvalue weighted by Gasteiger charge is 2.65. The van der Waals surface area contributed by atoms with E-state index in [1.54, 1.807) is 7.11 Å². The number of carbonyl (C=O) groups excluding carboxylic acids is 1. The van der Waals surface area contributed by atoms with Gasteiger partial charge in [-0.3, -0.25) is 9.69 Å². The zero-order valence-electron chi connectivity index (χ0n) is 16.2. The van der Waals surface area contributed by atoms with Crippen LogP contribution in [0.4, 0.5) is 0 Å². The molecule has 4 nitrogen and oxygen atoms in total. The van der Waals surface area contributed by atoms with Crippen molar-refractivity contribution in [2.45, 2.75) is 49.8 Å². The quantitative estimate of drug-likeness (QED) is 0.823. The molecule has 1 saturated carbocycles. The standard InChI is InChI=1S/C24H25NO3/c1-27-20-10-7-16-13-18-17-8-9-19(26)23-24(17,21(16)22(20)28-23)11-12-25(18)14-15-5-3-2-4-6-15/h2-7,10,17-18,23H,8-9,11-14H2,1H3/t17-,18+,23-,24-/m0/s1. The minimum Gasteiger partial charge on any atom is -0.493 e. The summed E-state index contributed by atoms with van der Waals surface area (Å²) in [5.41, 5.74) is 3.87. The van der Waals surface area contributed by atoms with Gasteiger partial charge in [-0.1, -0.05) is 36.4 Å². The maximum Gasteiger partial charge on any atom is 0.174 e. The van der Waals surface area contributed by atoms with Crippen LogP contribution in [0, 0.1) is 5.92 Å². The van der Waals surface area contributed by atoms with Gasteiger partial charge in [0.25, 0.3) is 0 Å². The molecule has 2 heterocycles. The van der Waals surface area contributed by atoms with Crippen molar-refractivity contribution in [2.24, 2.45) is 5.92 Å². The number of rotatable bonds is 3. The van der Waals surface area contributed by atoms with Gasteiger partial charge in [0.05, 0.1) is 7.11 Å². The summed E-state index contributed by atoms with van der Waals surface area (Å²) < 4.78 is 12.0. The lowest BCUT2D eigenvalue weighted by Gasteiger charge is -2.57. The van der Waals surface area contributed by atoms with Crippen LogP contribution in [0.15, 0.2) is 42.5 Å². The van der Waals surface area contributed by atoms with Crippen LogP contribution in [0.5, 0.6) is 11.5 Å². The summed E-state index contributed by atoms with van der Waals surface area (Å²) >= 11 is 0. The molecule has 2 fully saturated rings. The lowest BCUT2D eigenvalue weighted by Crippen LogP contribution is -2.65. The average molecular weight is 375 g/mol. The highest BCUT2D eigenvalue weighted by Crippen LogP contribution is 2.63. The molecule has 0 unspecified atom stereocenters. The predicted molar refractivity (Wildman–Crippen MR) is 106 cm³/mol. The summed E-state index contributed by atoms with van der Waals surface area (Å²) in [5, 5.41) is 0. The van der Waals surface area contributed by atoms with E-state index >= 15 is 0 Å². The minimum absolute atomic E-state index is 0.148. The van der Waals surface area contributed by atoms with Crippen LogP contribution in [0.2, 0.25) is 0 Å². The topological polar surface area (TPSA) is 38.8 Å². The van der Waals surface area contributed by atoms with Gasteiger partial charge >= 0.3 is 0 Å². The third-order valence-electron chi connectivity index (χ3n) is 7.66. The summed E-state index contributed by atoms with van der Waals surface area (Å²) in [6, 6.07) is 15.5. The molecule has 0 N–H and O–H groups in total. The van der Waals surface area contributed by atoms with Crippen molar-refractivity contribution >= 4 is 5.78 Å². The van der Waals surface area contributed by atoms with E-state index in [1.807, 2.05) is 6.07 Å². The first-order valence-corrected chi connectivity index (χ1v) is 10.4. The number of likely N-dealkylation sites (tertiary alicyclic amines) is 1. The van der Waals surface area contributed by atoms with Crippen LogP contribution in [-0.2, 0) is 23.2 Å². The number of hydrogen-bond donors (Lipinski definition) is 0. The number of methoxy groups -OCH3 is 1. The van der Waals surface area contributed by atoms with E-state index in [1.165, 1.54) is 16.7 Å². The number of hydrogen-bond acceptors (Lipinski definition) is 4. The molecule has 0 aromatic heterocycles. The van der Waals surface area contributed by atoms with Gasteiger partial charge in [-0.15, -0.1) is 0 Å². The van der Waals surface area contributed by atoms with Gasteiger partial charge in [0.2, 0.25) is 0 Å². The smallest absolute Gasteiger partial charge is 0.174 e. The number of benzene rings is 2. The van der Waals surface area contributed by atoms with Crippen molar-refractivity contribution < 1.29 is 14.3 Å². The van der Waals surface area contributed by atoms with Gasteiger partial charge in [0.1, 0.15) is 0 Å². The molecule has 4 atom stereocenters. The number of Topliss-reactive ketones (excluding diaryl/α,β-unsaturated/α-hetero) is 1. The van der Waals surface area contributed by atoms with Crippen LogP contribution in [0.25, 0.3) is 0 Å². The van der Waals surface area contributed by atoms with Gasteiger partial charge in [-0.05, 0) is 48.9 Å². The number of piperidine rings is 1. The first kappa shape index (κ1) is 16.6. The fourth-order valence-electron chi connectivity index (χ4n) is 6.57. The van der Waals surface area contributed by atoms with E-state index in [-0.39, 0.29) is 17.3 Å². The average Bonchev–Trinajstić information content (AvgIpc) is 3.07. The van der Waals surface area contributed by atoms with E-state index in [0.717, 1.165) is 43.9 Å². The Kier molecular flexibility index (Phi) is 3.46. The Morgan fingerprint density at radius 3 is 2.89 bits per heavy atom. The molecule has 2 aliphatic heterocycles. The van der Waals surface area contributed by atoms with Crippen molar-refractivity contribution in [3.05, 3.63) is 59.2 Å².